The largest absolute Gasteiger partial charge is 0.257 e. The van der Waals surface area contributed by atoms with Crippen molar-refractivity contribution < 1.29 is 8.96 Å². The molecule has 0 radical (unpaired) electrons. The maximum absolute atomic E-state index is 13.4. The topological polar surface area (TPSA) is 16.8 Å². The van der Waals surface area contributed by atoms with Crippen LogP contribution in [-0.2, 0) is 12.5 Å². The van der Waals surface area contributed by atoms with Gasteiger partial charge in [0.05, 0.1) is 11.3 Å². The zero-order valence-corrected chi connectivity index (χ0v) is 18.6. The second-order valence-corrected chi connectivity index (χ2v) is 9.07. The molecule has 2 nitrogen and oxygen atoms in total. The summed E-state index contributed by atoms with van der Waals surface area (Å²) in [5.74, 6) is -0.218. The first-order valence-electron chi connectivity index (χ1n) is 10.7. The summed E-state index contributed by atoms with van der Waals surface area (Å²) in [7, 11) is 2.08. The first-order valence-corrected chi connectivity index (χ1v) is 10.7. The number of aromatic nitrogens is 2. The van der Waals surface area contributed by atoms with E-state index in [2.05, 4.69) is 81.9 Å². The normalized spacial score (nSPS) is 13.7. The summed E-state index contributed by atoms with van der Waals surface area (Å²) < 4.78 is 15.6. The van der Waals surface area contributed by atoms with Crippen LogP contribution in [0.15, 0.2) is 66.9 Å². The molecule has 2 aromatic carbocycles. The molecule has 1 aliphatic rings. The fourth-order valence-electron chi connectivity index (χ4n) is 4.92. The molecular formula is C28H26FN2+. The van der Waals surface area contributed by atoms with Crippen molar-refractivity contribution >= 4 is 0 Å². The van der Waals surface area contributed by atoms with E-state index in [4.69, 9.17) is 4.98 Å². The fraction of sp³-hybridized carbons (Fsp3) is 0.214. The minimum absolute atomic E-state index is 0.197. The minimum Gasteiger partial charge on any atom is -0.257 e. The zero-order chi connectivity index (χ0) is 21.9. The van der Waals surface area contributed by atoms with Crippen molar-refractivity contribution in [1.29, 1.82) is 0 Å². The van der Waals surface area contributed by atoms with Crippen LogP contribution in [0.1, 0.15) is 36.4 Å². The molecule has 0 saturated heterocycles. The van der Waals surface area contributed by atoms with Gasteiger partial charge in [-0.2, -0.15) is 0 Å². The van der Waals surface area contributed by atoms with Crippen LogP contribution >= 0.6 is 0 Å². The Balaban J connectivity index is 1.77. The van der Waals surface area contributed by atoms with Crippen molar-refractivity contribution in [1.82, 2.24) is 4.98 Å². The molecule has 154 valence electrons. The molecule has 0 bridgehead atoms. The average Bonchev–Trinajstić information content (AvgIpc) is 2.96. The van der Waals surface area contributed by atoms with Crippen molar-refractivity contribution in [3.63, 3.8) is 0 Å². The summed E-state index contributed by atoms with van der Waals surface area (Å²) in [4.78, 5) is 4.94. The van der Waals surface area contributed by atoms with Crippen LogP contribution in [0.2, 0.25) is 0 Å². The van der Waals surface area contributed by atoms with Gasteiger partial charge in [-0.3, -0.25) is 4.98 Å². The molecular weight excluding hydrogens is 383 g/mol. The third-order valence-electron chi connectivity index (χ3n) is 6.54. The lowest BCUT2D eigenvalue weighted by molar-refractivity contribution is -0.660. The highest BCUT2D eigenvalue weighted by Gasteiger charge is 2.41. The summed E-state index contributed by atoms with van der Waals surface area (Å²) in [6.07, 6.45) is 2.09. The summed E-state index contributed by atoms with van der Waals surface area (Å²) in [6.45, 7) is 8.78. The van der Waals surface area contributed by atoms with Crippen molar-refractivity contribution in [2.75, 3.05) is 0 Å². The molecule has 1 aliphatic carbocycles. The van der Waals surface area contributed by atoms with Crippen LogP contribution in [0.25, 0.3) is 33.5 Å². The second kappa shape index (κ2) is 6.84. The Labute approximate surface area is 183 Å². The molecule has 0 N–H and O–H groups in total. The molecule has 3 heteroatoms. The third kappa shape index (κ3) is 2.99. The van der Waals surface area contributed by atoms with Crippen LogP contribution in [0, 0.1) is 19.7 Å². The number of halogens is 1. The van der Waals surface area contributed by atoms with E-state index in [0.717, 1.165) is 28.2 Å². The highest BCUT2D eigenvalue weighted by molar-refractivity contribution is 5.88. The van der Waals surface area contributed by atoms with E-state index in [9.17, 15) is 4.39 Å². The Bertz CT molecular complexity index is 1330. The number of hydrogen-bond donors (Lipinski definition) is 0. The number of fused-ring (bicyclic) bond motifs is 3. The van der Waals surface area contributed by atoms with Crippen LogP contribution in [0.3, 0.4) is 0 Å². The summed E-state index contributed by atoms with van der Waals surface area (Å²) in [5.41, 5.74) is 11.5. The molecule has 2 aromatic heterocycles. The van der Waals surface area contributed by atoms with Gasteiger partial charge in [0.1, 0.15) is 12.9 Å². The van der Waals surface area contributed by atoms with Gasteiger partial charge in [0.2, 0.25) is 5.69 Å². The lowest BCUT2D eigenvalue weighted by atomic mass is 9.80. The first-order chi connectivity index (χ1) is 14.8. The molecule has 0 spiro atoms. The predicted octanol–water partition coefficient (Wildman–Crippen LogP) is 6.30. The van der Waals surface area contributed by atoms with Gasteiger partial charge in [-0.1, -0.05) is 44.2 Å². The van der Waals surface area contributed by atoms with E-state index in [1.807, 2.05) is 12.1 Å². The van der Waals surface area contributed by atoms with Gasteiger partial charge < -0.3 is 0 Å². The van der Waals surface area contributed by atoms with Crippen molar-refractivity contribution in [2.24, 2.45) is 7.05 Å². The van der Waals surface area contributed by atoms with Gasteiger partial charge in [0.15, 0.2) is 6.20 Å². The molecule has 0 fully saturated rings. The average molecular weight is 410 g/mol. The lowest BCUT2D eigenvalue weighted by Gasteiger charge is -2.24. The molecule has 2 heterocycles. The quantitative estimate of drug-likeness (QED) is 0.355. The second-order valence-electron chi connectivity index (χ2n) is 9.07. The molecule has 0 saturated carbocycles. The standard InChI is InChI=1S/C28H26FN2/c1-17-6-12-22-23-13-7-18(2)30-27(23)28(3,4)26(22)25(17)24-16-20(14-15-31(24)5)19-8-10-21(29)11-9-19/h6-16H,1-5H3/q+1. The maximum Gasteiger partial charge on any atom is 0.213 e. The fourth-order valence-corrected chi connectivity index (χ4v) is 4.92. The van der Waals surface area contributed by atoms with E-state index in [-0.39, 0.29) is 11.2 Å². The van der Waals surface area contributed by atoms with Crippen LogP contribution in [-0.4, -0.2) is 4.98 Å². The van der Waals surface area contributed by atoms with Crippen molar-refractivity contribution in [3.05, 3.63) is 95.2 Å². The van der Waals surface area contributed by atoms with E-state index < -0.39 is 0 Å². The molecule has 0 aliphatic heterocycles. The monoisotopic (exact) mass is 409 g/mol. The van der Waals surface area contributed by atoms with Gasteiger partial charge in [0, 0.05) is 28.8 Å². The van der Waals surface area contributed by atoms with Gasteiger partial charge in [-0.05, 0) is 59.9 Å². The van der Waals surface area contributed by atoms with Crippen LogP contribution < -0.4 is 4.57 Å². The molecule has 31 heavy (non-hydrogen) atoms. The summed E-state index contributed by atoms with van der Waals surface area (Å²) >= 11 is 0. The number of nitrogens with zero attached hydrogens (tertiary/aromatic N) is 2. The number of benzene rings is 2. The van der Waals surface area contributed by atoms with Gasteiger partial charge in [0.25, 0.3) is 0 Å². The number of aryl methyl sites for hydroxylation is 3. The summed E-state index contributed by atoms with van der Waals surface area (Å²) in [5, 5.41) is 0. The van der Waals surface area contributed by atoms with Crippen LogP contribution in [0.5, 0.6) is 0 Å². The van der Waals surface area contributed by atoms with E-state index in [1.165, 1.54) is 39.9 Å². The van der Waals surface area contributed by atoms with E-state index >= 15 is 0 Å². The lowest BCUT2D eigenvalue weighted by Crippen LogP contribution is -2.32. The molecule has 0 amide bonds. The van der Waals surface area contributed by atoms with E-state index in [0.29, 0.717) is 0 Å². The number of hydrogen-bond acceptors (Lipinski definition) is 1. The highest BCUT2D eigenvalue weighted by atomic mass is 19.1. The SMILES string of the molecule is Cc1ccc2c(n1)C(C)(C)c1c-2ccc(C)c1-c1cc(-c2ccc(F)cc2)cc[n+]1C. The Kier molecular flexibility index (Phi) is 4.33. The summed E-state index contributed by atoms with van der Waals surface area (Å²) in [6, 6.07) is 19.8. The van der Waals surface area contributed by atoms with Gasteiger partial charge >= 0.3 is 0 Å². The Morgan fingerprint density at radius 1 is 0.839 bits per heavy atom. The van der Waals surface area contributed by atoms with Crippen LogP contribution in [0.4, 0.5) is 4.39 Å². The maximum atomic E-state index is 13.4. The van der Waals surface area contributed by atoms with Gasteiger partial charge in [-0.25, -0.2) is 8.96 Å². The molecule has 0 atom stereocenters. The minimum atomic E-state index is -0.218. The molecule has 5 rings (SSSR count). The first kappa shape index (κ1) is 19.6. The predicted molar refractivity (Wildman–Crippen MR) is 123 cm³/mol. The number of pyridine rings is 2. The Morgan fingerprint density at radius 2 is 1.55 bits per heavy atom. The third-order valence-corrected chi connectivity index (χ3v) is 6.54. The Morgan fingerprint density at radius 3 is 2.29 bits per heavy atom. The highest BCUT2D eigenvalue weighted by Crippen LogP contribution is 2.52. The van der Waals surface area contributed by atoms with Gasteiger partial charge in [-0.15, -0.1) is 0 Å². The van der Waals surface area contributed by atoms with Crippen molar-refractivity contribution in [2.45, 2.75) is 33.1 Å². The molecule has 0 unspecified atom stereocenters. The number of rotatable bonds is 2. The Hall–Kier alpha value is -3.33. The zero-order valence-electron chi connectivity index (χ0n) is 18.6. The smallest absolute Gasteiger partial charge is 0.213 e. The molecule has 4 aromatic rings. The van der Waals surface area contributed by atoms with E-state index in [1.54, 1.807) is 0 Å². The van der Waals surface area contributed by atoms with Crippen molar-refractivity contribution in [3.8, 4) is 33.5 Å².